The Bertz CT molecular complexity index is 981. The Morgan fingerprint density at radius 2 is 1.97 bits per heavy atom. The molecular weight excluding hydrogens is 386 g/mol. The van der Waals surface area contributed by atoms with Gasteiger partial charge in [-0.15, -0.1) is 10.2 Å². The Balaban J connectivity index is 1.36. The van der Waals surface area contributed by atoms with Gasteiger partial charge in [0.05, 0.1) is 18.5 Å². The molecule has 1 aliphatic rings. The number of para-hydroxylation sites is 1. The molecule has 0 atom stereocenters. The maximum absolute atomic E-state index is 12.5. The van der Waals surface area contributed by atoms with Crippen LogP contribution in [0.2, 0.25) is 0 Å². The number of anilines is 2. The fourth-order valence-electron chi connectivity index (χ4n) is 3.51. The van der Waals surface area contributed by atoms with Crippen molar-refractivity contribution >= 4 is 28.3 Å². The normalized spacial score (nSPS) is 14.6. The minimum absolute atomic E-state index is 0.00877. The van der Waals surface area contributed by atoms with Crippen LogP contribution < -0.4 is 15.0 Å². The van der Waals surface area contributed by atoms with Crippen molar-refractivity contribution < 1.29 is 9.53 Å². The number of ether oxygens (including phenoxy) is 1. The van der Waals surface area contributed by atoms with Gasteiger partial charge in [-0.1, -0.05) is 12.1 Å². The molecule has 1 aromatic carbocycles. The molecular formula is C21H23N5O2S. The van der Waals surface area contributed by atoms with Gasteiger partial charge in [-0.2, -0.15) is 4.37 Å². The molecule has 1 fully saturated rings. The molecule has 4 rings (SSSR count). The molecule has 2 aromatic heterocycles. The van der Waals surface area contributed by atoms with Gasteiger partial charge in [-0.3, -0.25) is 4.79 Å². The number of aromatic nitrogens is 3. The fraction of sp³-hybridized carbons (Fsp3) is 0.333. The summed E-state index contributed by atoms with van der Waals surface area (Å²) in [6, 6.07) is 13.6. The summed E-state index contributed by atoms with van der Waals surface area (Å²) in [5, 5.41) is 12.6. The van der Waals surface area contributed by atoms with Gasteiger partial charge in [0.15, 0.2) is 5.82 Å². The lowest BCUT2D eigenvalue weighted by Crippen LogP contribution is -2.38. The number of hydrogen-bond donors (Lipinski definition) is 1. The van der Waals surface area contributed by atoms with Gasteiger partial charge in [0.2, 0.25) is 5.91 Å². The zero-order valence-electron chi connectivity index (χ0n) is 16.5. The first-order valence-corrected chi connectivity index (χ1v) is 10.4. The Morgan fingerprint density at radius 3 is 2.62 bits per heavy atom. The monoisotopic (exact) mass is 409 g/mol. The van der Waals surface area contributed by atoms with Crippen LogP contribution in [0.15, 0.2) is 42.5 Å². The van der Waals surface area contributed by atoms with Crippen LogP contribution in [0.4, 0.5) is 10.8 Å². The molecule has 0 unspecified atom stereocenters. The maximum Gasteiger partial charge on any atom is 0.228 e. The topological polar surface area (TPSA) is 80.2 Å². The van der Waals surface area contributed by atoms with Crippen molar-refractivity contribution in [3.05, 3.63) is 48.2 Å². The van der Waals surface area contributed by atoms with Gasteiger partial charge < -0.3 is 15.0 Å². The highest BCUT2D eigenvalue weighted by atomic mass is 32.1. The molecule has 0 aliphatic carbocycles. The number of methoxy groups -OCH3 is 1. The third kappa shape index (κ3) is 4.37. The van der Waals surface area contributed by atoms with Crippen molar-refractivity contribution in [2.24, 2.45) is 5.92 Å². The number of nitrogens with zero attached hydrogens (tertiary/aromatic N) is 4. The van der Waals surface area contributed by atoms with Crippen molar-refractivity contribution in [2.75, 3.05) is 30.4 Å². The first-order valence-electron chi connectivity index (χ1n) is 9.60. The van der Waals surface area contributed by atoms with E-state index in [1.807, 2.05) is 49.4 Å². The molecule has 3 heterocycles. The van der Waals surface area contributed by atoms with Crippen molar-refractivity contribution in [2.45, 2.75) is 19.8 Å². The van der Waals surface area contributed by atoms with E-state index in [1.54, 1.807) is 7.11 Å². The van der Waals surface area contributed by atoms with Crippen LogP contribution in [0.1, 0.15) is 18.5 Å². The zero-order chi connectivity index (χ0) is 20.2. The predicted octanol–water partition coefficient (Wildman–Crippen LogP) is 3.77. The quantitative estimate of drug-likeness (QED) is 0.691. The highest BCUT2D eigenvalue weighted by Gasteiger charge is 2.26. The van der Waals surface area contributed by atoms with Crippen molar-refractivity contribution in [3.8, 4) is 17.0 Å². The van der Waals surface area contributed by atoms with Crippen LogP contribution in [0, 0.1) is 12.8 Å². The van der Waals surface area contributed by atoms with E-state index in [4.69, 9.17) is 4.74 Å². The third-order valence-electron chi connectivity index (χ3n) is 5.10. The second-order valence-electron chi connectivity index (χ2n) is 7.06. The van der Waals surface area contributed by atoms with Crippen molar-refractivity contribution in [1.82, 2.24) is 14.6 Å². The molecule has 1 amide bonds. The molecule has 0 spiro atoms. The largest absolute Gasteiger partial charge is 0.496 e. The minimum atomic E-state index is 0.00877. The average molecular weight is 410 g/mol. The van der Waals surface area contributed by atoms with Crippen LogP contribution in [0.3, 0.4) is 0 Å². The standard InChI is InChI=1S/C21H23N5O2S/c1-14-13-20(29-25-14)22-21(27)15-9-11-26(12-10-15)19-8-7-17(23-24-19)16-5-3-4-6-18(16)28-2/h3-8,13,15H,9-12H2,1-2H3,(H,22,27). The highest BCUT2D eigenvalue weighted by Crippen LogP contribution is 2.29. The zero-order valence-corrected chi connectivity index (χ0v) is 17.3. The van der Waals surface area contributed by atoms with E-state index in [0.717, 1.165) is 59.5 Å². The van der Waals surface area contributed by atoms with Gasteiger partial charge in [0, 0.05) is 24.6 Å². The van der Waals surface area contributed by atoms with E-state index in [1.165, 1.54) is 11.5 Å². The lowest BCUT2D eigenvalue weighted by Gasteiger charge is -2.31. The van der Waals surface area contributed by atoms with Crippen LogP contribution in [0.5, 0.6) is 5.75 Å². The number of carbonyl (C=O) groups excluding carboxylic acids is 1. The average Bonchev–Trinajstić information content (AvgIpc) is 3.18. The van der Waals surface area contributed by atoms with E-state index in [-0.39, 0.29) is 11.8 Å². The summed E-state index contributed by atoms with van der Waals surface area (Å²) in [4.78, 5) is 14.7. The van der Waals surface area contributed by atoms with Gasteiger partial charge in [0.25, 0.3) is 0 Å². The van der Waals surface area contributed by atoms with Gasteiger partial charge in [-0.25, -0.2) is 0 Å². The molecule has 7 nitrogen and oxygen atoms in total. The number of amides is 1. The summed E-state index contributed by atoms with van der Waals surface area (Å²) in [6.07, 6.45) is 1.58. The highest BCUT2D eigenvalue weighted by molar-refractivity contribution is 7.10. The fourth-order valence-corrected chi connectivity index (χ4v) is 4.18. The SMILES string of the molecule is COc1ccccc1-c1ccc(N2CCC(C(=O)Nc3cc(C)ns3)CC2)nn1. The summed E-state index contributed by atoms with van der Waals surface area (Å²) < 4.78 is 9.61. The summed E-state index contributed by atoms with van der Waals surface area (Å²) in [5.74, 6) is 1.69. The van der Waals surface area contributed by atoms with E-state index >= 15 is 0 Å². The van der Waals surface area contributed by atoms with Crippen LogP contribution >= 0.6 is 11.5 Å². The van der Waals surface area contributed by atoms with E-state index in [9.17, 15) is 4.79 Å². The minimum Gasteiger partial charge on any atom is -0.496 e. The number of rotatable bonds is 5. The Hall–Kier alpha value is -3.00. The van der Waals surface area contributed by atoms with Crippen LogP contribution in [-0.2, 0) is 4.79 Å². The number of carbonyl (C=O) groups is 1. The molecule has 0 radical (unpaired) electrons. The molecule has 29 heavy (non-hydrogen) atoms. The smallest absolute Gasteiger partial charge is 0.228 e. The first-order chi connectivity index (χ1) is 14.1. The first kappa shape index (κ1) is 19.3. The maximum atomic E-state index is 12.5. The predicted molar refractivity (Wildman–Crippen MR) is 114 cm³/mol. The Labute approximate surface area is 173 Å². The van der Waals surface area contributed by atoms with Gasteiger partial charge in [0.1, 0.15) is 10.8 Å². The van der Waals surface area contributed by atoms with Crippen LogP contribution in [0.25, 0.3) is 11.3 Å². The van der Waals surface area contributed by atoms with Crippen molar-refractivity contribution in [3.63, 3.8) is 0 Å². The molecule has 0 saturated carbocycles. The lowest BCUT2D eigenvalue weighted by atomic mass is 9.96. The van der Waals surface area contributed by atoms with Crippen LogP contribution in [-0.4, -0.2) is 40.7 Å². The molecule has 1 aliphatic heterocycles. The number of hydrogen-bond acceptors (Lipinski definition) is 7. The number of aryl methyl sites for hydroxylation is 1. The molecule has 0 bridgehead atoms. The number of nitrogens with one attached hydrogen (secondary N) is 1. The summed E-state index contributed by atoms with van der Waals surface area (Å²) >= 11 is 1.32. The summed E-state index contributed by atoms with van der Waals surface area (Å²) in [7, 11) is 1.65. The van der Waals surface area contributed by atoms with E-state index in [0.29, 0.717) is 0 Å². The number of piperidine rings is 1. The molecule has 3 aromatic rings. The molecule has 150 valence electrons. The third-order valence-corrected chi connectivity index (χ3v) is 5.89. The van der Waals surface area contributed by atoms with Gasteiger partial charge >= 0.3 is 0 Å². The van der Waals surface area contributed by atoms with Crippen molar-refractivity contribution in [1.29, 1.82) is 0 Å². The Morgan fingerprint density at radius 1 is 1.17 bits per heavy atom. The second kappa shape index (κ2) is 8.57. The van der Waals surface area contributed by atoms with E-state index in [2.05, 4.69) is 24.8 Å². The molecule has 1 N–H and O–H groups in total. The molecule has 1 saturated heterocycles. The lowest BCUT2D eigenvalue weighted by molar-refractivity contribution is -0.120. The summed E-state index contributed by atoms with van der Waals surface area (Å²) in [6.45, 7) is 3.48. The molecule has 8 heteroatoms. The number of benzene rings is 1. The van der Waals surface area contributed by atoms with Gasteiger partial charge in [-0.05, 0) is 61.6 Å². The Kier molecular flexibility index (Phi) is 5.71. The summed E-state index contributed by atoms with van der Waals surface area (Å²) in [5.41, 5.74) is 2.62. The van der Waals surface area contributed by atoms with E-state index < -0.39 is 0 Å². The second-order valence-corrected chi connectivity index (χ2v) is 7.87.